The Hall–Kier alpha value is -2.92. The van der Waals surface area contributed by atoms with E-state index < -0.39 is 0 Å². The van der Waals surface area contributed by atoms with Crippen molar-refractivity contribution < 1.29 is 9.53 Å². The van der Waals surface area contributed by atoms with Gasteiger partial charge in [-0.3, -0.25) is 4.79 Å². The summed E-state index contributed by atoms with van der Waals surface area (Å²) in [5, 5.41) is 3.49. The highest BCUT2D eigenvalue weighted by atomic mass is 35.5. The third kappa shape index (κ3) is 4.58. The van der Waals surface area contributed by atoms with Crippen molar-refractivity contribution in [2.75, 3.05) is 0 Å². The number of carbonyl (C=O) groups excluding carboxylic acids is 1. The summed E-state index contributed by atoms with van der Waals surface area (Å²) in [7, 11) is 0. The third-order valence-electron chi connectivity index (χ3n) is 3.74. The average molecular weight is 368 g/mol. The van der Waals surface area contributed by atoms with Crippen LogP contribution in [0.15, 0.2) is 60.8 Å². The molecular weight excluding hydrogens is 350 g/mol. The Morgan fingerprint density at radius 1 is 1.12 bits per heavy atom. The minimum atomic E-state index is -0.226. The number of rotatable bonds is 6. The first kappa shape index (κ1) is 17.9. The Labute approximate surface area is 157 Å². The van der Waals surface area contributed by atoms with Crippen LogP contribution in [0.2, 0.25) is 5.02 Å². The molecule has 0 atom stereocenters. The average Bonchev–Trinajstić information content (AvgIpc) is 2.66. The van der Waals surface area contributed by atoms with Crippen LogP contribution in [0.25, 0.3) is 0 Å². The maximum absolute atomic E-state index is 12.5. The fraction of sp³-hybridized carbons (Fsp3) is 0.150. The molecule has 2 aromatic carbocycles. The van der Waals surface area contributed by atoms with E-state index >= 15 is 0 Å². The van der Waals surface area contributed by atoms with Gasteiger partial charge in [0, 0.05) is 16.8 Å². The lowest BCUT2D eigenvalue weighted by Crippen LogP contribution is -2.24. The molecule has 0 unspecified atom stereocenters. The van der Waals surface area contributed by atoms with Crippen LogP contribution in [0, 0.1) is 6.92 Å². The van der Waals surface area contributed by atoms with Crippen molar-refractivity contribution in [2.45, 2.75) is 20.1 Å². The Morgan fingerprint density at radius 2 is 1.88 bits per heavy atom. The van der Waals surface area contributed by atoms with Gasteiger partial charge < -0.3 is 10.1 Å². The lowest BCUT2D eigenvalue weighted by atomic mass is 10.2. The van der Waals surface area contributed by atoms with E-state index in [-0.39, 0.29) is 12.5 Å². The maximum Gasteiger partial charge on any atom is 0.255 e. The number of carbonyl (C=O) groups is 1. The number of aryl methyl sites for hydroxylation is 1. The molecule has 0 aliphatic heterocycles. The molecule has 0 bridgehead atoms. The highest BCUT2D eigenvalue weighted by Gasteiger charge is 2.13. The summed E-state index contributed by atoms with van der Waals surface area (Å²) in [5.74, 6) is 0.944. The van der Waals surface area contributed by atoms with Gasteiger partial charge in [0.15, 0.2) is 0 Å². The lowest BCUT2D eigenvalue weighted by molar-refractivity contribution is 0.0946. The number of nitrogens with zero attached hydrogens (tertiary/aromatic N) is 2. The van der Waals surface area contributed by atoms with Crippen LogP contribution in [0.5, 0.6) is 5.75 Å². The fourth-order valence-corrected chi connectivity index (χ4v) is 2.61. The number of aromatic nitrogens is 2. The van der Waals surface area contributed by atoms with Gasteiger partial charge >= 0.3 is 0 Å². The van der Waals surface area contributed by atoms with E-state index in [1.807, 2.05) is 37.3 Å². The van der Waals surface area contributed by atoms with Gasteiger partial charge in [-0.05, 0) is 31.2 Å². The van der Waals surface area contributed by atoms with Crippen molar-refractivity contribution >= 4 is 17.5 Å². The normalized spacial score (nSPS) is 10.4. The summed E-state index contributed by atoms with van der Waals surface area (Å²) in [5.41, 5.74) is 2.08. The third-order valence-corrected chi connectivity index (χ3v) is 4.11. The molecule has 0 aliphatic rings. The predicted octanol–water partition coefficient (Wildman–Crippen LogP) is 3.95. The van der Waals surface area contributed by atoms with Crippen LogP contribution in [-0.2, 0) is 13.2 Å². The molecule has 3 rings (SSSR count). The van der Waals surface area contributed by atoms with E-state index in [0.717, 1.165) is 11.3 Å². The highest BCUT2D eigenvalue weighted by Crippen LogP contribution is 2.22. The zero-order valence-electron chi connectivity index (χ0n) is 14.3. The van der Waals surface area contributed by atoms with Crippen molar-refractivity contribution in [3.63, 3.8) is 0 Å². The zero-order valence-corrected chi connectivity index (χ0v) is 15.0. The minimum absolute atomic E-state index is 0.226. The standard InChI is InChI=1S/C20H18ClN3O2/c1-14-22-11-10-16(24-14)12-23-20(25)17-7-3-5-9-19(17)26-13-15-6-2-4-8-18(15)21/h2-11H,12-13H2,1H3,(H,23,25). The largest absolute Gasteiger partial charge is 0.488 e. The highest BCUT2D eigenvalue weighted by molar-refractivity contribution is 6.31. The molecular formula is C20H18ClN3O2. The Kier molecular flexibility index (Phi) is 5.81. The summed E-state index contributed by atoms with van der Waals surface area (Å²) in [4.78, 5) is 20.9. The molecule has 0 fully saturated rings. The number of hydrogen-bond acceptors (Lipinski definition) is 4. The maximum atomic E-state index is 12.5. The van der Waals surface area contributed by atoms with E-state index in [1.54, 1.807) is 30.5 Å². The Morgan fingerprint density at radius 3 is 2.69 bits per heavy atom. The van der Waals surface area contributed by atoms with Crippen molar-refractivity contribution in [3.8, 4) is 5.75 Å². The second-order valence-corrected chi connectivity index (χ2v) is 6.06. The van der Waals surface area contributed by atoms with Crippen molar-refractivity contribution in [1.29, 1.82) is 0 Å². The van der Waals surface area contributed by atoms with Gasteiger partial charge in [0.25, 0.3) is 5.91 Å². The summed E-state index contributed by atoms with van der Waals surface area (Å²) in [6.45, 7) is 2.42. The summed E-state index contributed by atoms with van der Waals surface area (Å²) in [6, 6.07) is 16.3. The first-order valence-electron chi connectivity index (χ1n) is 8.15. The molecule has 1 N–H and O–H groups in total. The molecule has 1 aromatic heterocycles. The number of hydrogen-bond donors (Lipinski definition) is 1. The Bertz CT molecular complexity index is 915. The zero-order chi connectivity index (χ0) is 18.4. The van der Waals surface area contributed by atoms with E-state index in [1.165, 1.54) is 0 Å². The van der Waals surface area contributed by atoms with Gasteiger partial charge in [0.2, 0.25) is 0 Å². The number of ether oxygens (including phenoxy) is 1. The van der Waals surface area contributed by atoms with E-state index in [4.69, 9.17) is 16.3 Å². The SMILES string of the molecule is Cc1nccc(CNC(=O)c2ccccc2OCc2ccccc2Cl)n1. The van der Waals surface area contributed by atoms with Crippen molar-refractivity contribution in [2.24, 2.45) is 0 Å². The molecule has 5 nitrogen and oxygen atoms in total. The molecule has 6 heteroatoms. The smallest absolute Gasteiger partial charge is 0.255 e. The monoisotopic (exact) mass is 367 g/mol. The summed E-state index contributed by atoms with van der Waals surface area (Å²) in [6.07, 6.45) is 1.67. The Balaban J connectivity index is 1.68. The van der Waals surface area contributed by atoms with Gasteiger partial charge in [0.1, 0.15) is 18.2 Å². The van der Waals surface area contributed by atoms with Crippen molar-refractivity contribution in [1.82, 2.24) is 15.3 Å². The molecule has 0 aliphatic carbocycles. The van der Waals surface area contributed by atoms with Crippen LogP contribution in [0.4, 0.5) is 0 Å². The van der Waals surface area contributed by atoms with E-state index in [0.29, 0.717) is 28.7 Å². The number of amides is 1. The molecule has 0 saturated carbocycles. The first-order valence-corrected chi connectivity index (χ1v) is 8.53. The van der Waals surface area contributed by atoms with Crippen LogP contribution >= 0.6 is 11.6 Å². The number of benzene rings is 2. The predicted molar refractivity (Wildman–Crippen MR) is 100 cm³/mol. The minimum Gasteiger partial charge on any atom is -0.488 e. The second kappa shape index (κ2) is 8.45. The van der Waals surface area contributed by atoms with Crippen LogP contribution in [0.3, 0.4) is 0 Å². The fourth-order valence-electron chi connectivity index (χ4n) is 2.42. The molecule has 0 spiro atoms. The molecule has 26 heavy (non-hydrogen) atoms. The van der Waals surface area contributed by atoms with Gasteiger partial charge in [-0.25, -0.2) is 9.97 Å². The first-order chi connectivity index (χ1) is 12.6. The van der Waals surface area contributed by atoms with Crippen molar-refractivity contribution in [3.05, 3.63) is 88.5 Å². The number of halogens is 1. The molecule has 3 aromatic rings. The van der Waals surface area contributed by atoms with Gasteiger partial charge in [-0.15, -0.1) is 0 Å². The van der Waals surface area contributed by atoms with E-state index in [2.05, 4.69) is 15.3 Å². The molecule has 0 radical (unpaired) electrons. The summed E-state index contributed by atoms with van der Waals surface area (Å²) >= 11 is 6.15. The van der Waals surface area contributed by atoms with Crippen LogP contribution in [-0.4, -0.2) is 15.9 Å². The lowest BCUT2D eigenvalue weighted by Gasteiger charge is -2.12. The number of nitrogens with one attached hydrogen (secondary N) is 1. The van der Waals surface area contributed by atoms with Crippen LogP contribution in [0.1, 0.15) is 27.4 Å². The number of para-hydroxylation sites is 1. The van der Waals surface area contributed by atoms with Gasteiger partial charge in [-0.2, -0.15) is 0 Å². The molecule has 132 valence electrons. The van der Waals surface area contributed by atoms with Gasteiger partial charge in [0.05, 0.1) is 17.8 Å². The quantitative estimate of drug-likeness (QED) is 0.716. The van der Waals surface area contributed by atoms with Gasteiger partial charge in [-0.1, -0.05) is 41.9 Å². The van der Waals surface area contributed by atoms with E-state index in [9.17, 15) is 4.79 Å². The second-order valence-electron chi connectivity index (χ2n) is 5.65. The molecule has 1 amide bonds. The molecule has 0 saturated heterocycles. The topological polar surface area (TPSA) is 64.1 Å². The summed E-state index contributed by atoms with van der Waals surface area (Å²) < 4.78 is 5.83. The van der Waals surface area contributed by atoms with Crippen LogP contribution < -0.4 is 10.1 Å². The molecule has 1 heterocycles.